The molecule has 4 rings (SSSR count). The normalized spacial score (nSPS) is 14.0. The number of pyridine rings is 2. The van der Waals surface area contributed by atoms with Crippen molar-refractivity contribution in [3.8, 4) is 17.0 Å². The Morgan fingerprint density at radius 3 is 2.65 bits per heavy atom. The van der Waals surface area contributed by atoms with Crippen molar-refractivity contribution in [1.82, 2.24) is 9.97 Å². The van der Waals surface area contributed by atoms with Crippen molar-refractivity contribution in [3.05, 3.63) is 65.9 Å². The molecule has 0 spiro atoms. The molecule has 0 bridgehead atoms. The van der Waals surface area contributed by atoms with Crippen LogP contribution in [-0.2, 0) is 4.79 Å². The van der Waals surface area contributed by atoms with Gasteiger partial charge in [0, 0.05) is 25.4 Å². The molecular weight excluding hydrogens is 397 g/mol. The molecule has 2 N–H and O–H groups in total. The third-order valence-corrected chi connectivity index (χ3v) is 5.01. The van der Waals surface area contributed by atoms with Crippen LogP contribution in [0.2, 0.25) is 0 Å². The minimum absolute atomic E-state index is 0.251. The second-order valence-corrected chi connectivity index (χ2v) is 7.31. The molecule has 3 aromatic rings. The molecule has 0 saturated heterocycles. The second-order valence-electron chi connectivity index (χ2n) is 7.31. The van der Waals surface area contributed by atoms with E-state index in [1.807, 2.05) is 38.1 Å². The third kappa shape index (κ3) is 3.79. The number of amides is 1. The number of anilines is 3. The summed E-state index contributed by atoms with van der Waals surface area (Å²) in [5.41, 5.74) is 3.71. The van der Waals surface area contributed by atoms with Crippen molar-refractivity contribution < 1.29 is 13.9 Å². The highest BCUT2D eigenvalue weighted by Crippen LogP contribution is 2.38. The first kappa shape index (κ1) is 20.3. The number of hydrogen-bond acceptors (Lipinski definition) is 6. The maximum absolute atomic E-state index is 14.5. The minimum atomic E-state index is -0.448. The molecule has 0 unspecified atom stereocenters. The number of methoxy groups -OCH3 is 1. The summed E-state index contributed by atoms with van der Waals surface area (Å²) in [7, 11) is 5.31. The van der Waals surface area contributed by atoms with Crippen LogP contribution in [0.25, 0.3) is 16.8 Å². The number of halogens is 1. The Hall–Kier alpha value is -3.94. The van der Waals surface area contributed by atoms with Crippen molar-refractivity contribution in [2.45, 2.75) is 6.92 Å². The number of benzene rings is 1. The fourth-order valence-electron chi connectivity index (χ4n) is 3.50. The van der Waals surface area contributed by atoms with E-state index in [1.165, 1.54) is 19.4 Å². The van der Waals surface area contributed by atoms with Crippen LogP contribution in [0, 0.1) is 5.82 Å². The van der Waals surface area contributed by atoms with E-state index in [9.17, 15) is 9.18 Å². The molecule has 0 atom stereocenters. The standard InChI is InChI=1S/C23H22FN5O2/c1-13(27-14-8-9-20(26-11-14)29(2)3)21-15-10-17(25-12-18(15)28-23(21)30)22-16(24)6-5-7-19(22)31-4/h5-12,27H,1-4H3,(H,28,30). The number of ether oxygens (including phenoxy) is 1. The molecule has 0 saturated carbocycles. The SMILES string of the molecule is COc1cccc(F)c1-c1cc2c(cn1)NC(=O)C2=C(C)Nc1ccc(N(C)C)nc1. The molecule has 8 heteroatoms. The Bertz CT molecular complexity index is 1190. The molecular formula is C23H22FN5O2. The topological polar surface area (TPSA) is 79.4 Å². The van der Waals surface area contributed by atoms with Gasteiger partial charge in [0.1, 0.15) is 17.4 Å². The monoisotopic (exact) mass is 419 g/mol. The predicted molar refractivity (Wildman–Crippen MR) is 120 cm³/mol. The van der Waals surface area contributed by atoms with Gasteiger partial charge in [0.05, 0.1) is 47.7 Å². The molecule has 158 valence electrons. The van der Waals surface area contributed by atoms with Gasteiger partial charge in [-0.05, 0) is 37.3 Å². The average molecular weight is 419 g/mol. The number of rotatable bonds is 5. The molecule has 3 heterocycles. The van der Waals surface area contributed by atoms with E-state index < -0.39 is 5.82 Å². The molecule has 31 heavy (non-hydrogen) atoms. The van der Waals surface area contributed by atoms with Crippen molar-refractivity contribution in [3.63, 3.8) is 0 Å². The summed E-state index contributed by atoms with van der Waals surface area (Å²) in [6, 6.07) is 10.1. The molecule has 1 aromatic carbocycles. The van der Waals surface area contributed by atoms with E-state index in [0.29, 0.717) is 34.0 Å². The zero-order valence-electron chi connectivity index (χ0n) is 17.7. The van der Waals surface area contributed by atoms with Gasteiger partial charge in [-0.2, -0.15) is 0 Å². The zero-order chi connectivity index (χ0) is 22.1. The van der Waals surface area contributed by atoms with E-state index in [2.05, 4.69) is 20.6 Å². The minimum Gasteiger partial charge on any atom is -0.496 e. The fourth-order valence-corrected chi connectivity index (χ4v) is 3.50. The Morgan fingerprint density at radius 1 is 1.16 bits per heavy atom. The Labute approximate surface area is 179 Å². The number of allylic oxidation sites excluding steroid dienone is 1. The number of fused-ring (bicyclic) bond motifs is 1. The van der Waals surface area contributed by atoms with Crippen molar-refractivity contribution in [1.29, 1.82) is 0 Å². The predicted octanol–water partition coefficient (Wildman–Crippen LogP) is 4.15. The number of carbonyl (C=O) groups is 1. The maximum Gasteiger partial charge on any atom is 0.258 e. The summed E-state index contributed by atoms with van der Waals surface area (Å²) in [5, 5.41) is 6.05. The summed E-state index contributed by atoms with van der Waals surface area (Å²) >= 11 is 0. The zero-order valence-corrected chi connectivity index (χ0v) is 17.7. The Kier molecular flexibility index (Phi) is 5.29. The van der Waals surface area contributed by atoms with Crippen LogP contribution in [0.15, 0.2) is 54.5 Å². The summed E-state index contributed by atoms with van der Waals surface area (Å²) in [6.45, 7) is 1.81. The third-order valence-electron chi connectivity index (χ3n) is 5.01. The maximum atomic E-state index is 14.5. The van der Waals surface area contributed by atoms with Crippen LogP contribution < -0.4 is 20.3 Å². The van der Waals surface area contributed by atoms with Crippen LogP contribution in [0.5, 0.6) is 5.75 Å². The fraction of sp³-hybridized carbons (Fsp3) is 0.174. The highest BCUT2D eigenvalue weighted by molar-refractivity contribution is 6.32. The number of carbonyl (C=O) groups excluding carboxylic acids is 1. The van der Waals surface area contributed by atoms with Gasteiger partial charge in [-0.15, -0.1) is 0 Å². The smallest absolute Gasteiger partial charge is 0.258 e. The first-order chi connectivity index (χ1) is 14.9. The van der Waals surface area contributed by atoms with Gasteiger partial charge in [0.15, 0.2) is 0 Å². The van der Waals surface area contributed by atoms with Gasteiger partial charge in [0.25, 0.3) is 5.91 Å². The molecule has 2 aromatic heterocycles. The van der Waals surface area contributed by atoms with Gasteiger partial charge in [-0.1, -0.05) is 6.07 Å². The molecule has 0 fully saturated rings. The summed E-state index contributed by atoms with van der Waals surface area (Å²) in [4.78, 5) is 23.3. The average Bonchev–Trinajstić information content (AvgIpc) is 3.08. The lowest BCUT2D eigenvalue weighted by atomic mass is 10.0. The molecule has 0 aliphatic carbocycles. The van der Waals surface area contributed by atoms with E-state index in [1.54, 1.807) is 24.4 Å². The lowest BCUT2D eigenvalue weighted by molar-refractivity contribution is -0.110. The second kappa shape index (κ2) is 8.06. The number of nitrogens with one attached hydrogen (secondary N) is 2. The Morgan fingerprint density at radius 2 is 1.97 bits per heavy atom. The van der Waals surface area contributed by atoms with Gasteiger partial charge < -0.3 is 20.3 Å². The van der Waals surface area contributed by atoms with Crippen LogP contribution in [0.1, 0.15) is 12.5 Å². The molecule has 1 amide bonds. The summed E-state index contributed by atoms with van der Waals surface area (Å²) in [6.07, 6.45) is 3.23. The van der Waals surface area contributed by atoms with Gasteiger partial charge in [0.2, 0.25) is 0 Å². The van der Waals surface area contributed by atoms with E-state index in [4.69, 9.17) is 4.74 Å². The van der Waals surface area contributed by atoms with E-state index >= 15 is 0 Å². The van der Waals surface area contributed by atoms with Crippen LogP contribution in [0.3, 0.4) is 0 Å². The summed E-state index contributed by atoms with van der Waals surface area (Å²) < 4.78 is 19.9. The number of nitrogens with zero attached hydrogens (tertiary/aromatic N) is 3. The lowest BCUT2D eigenvalue weighted by Crippen LogP contribution is -2.11. The molecule has 1 aliphatic rings. The number of hydrogen-bond donors (Lipinski definition) is 2. The molecule has 1 aliphatic heterocycles. The highest BCUT2D eigenvalue weighted by Gasteiger charge is 2.28. The van der Waals surface area contributed by atoms with Gasteiger partial charge >= 0.3 is 0 Å². The van der Waals surface area contributed by atoms with Crippen molar-refractivity contribution in [2.75, 3.05) is 36.7 Å². The first-order valence-electron chi connectivity index (χ1n) is 9.65. The Balaban J connectivity index is 1.74. The number of aromatic nitrogens is 2. The summed E-state index contributed by atoms with van der Waals surface area (Å²) in [5.74, 6) is 0.500. The van der Waals surface area contributed by atoms with Crippen molar-refractivity contribution >= 4 is 28.7 Å². The molecule has 0 radical (unpaired) electrons. The lowest BCUT2D eigenvalue weighted by Gasteiger charge is -2.13. The highest BCUT2D eigenvalue weighted by atomic mass is 19.1. The van der Waals surface area contributed by atoms with Crippen LogP contribution >= 0.6 is 0 Å². The largest absolute Gasteiger partial charge is 0.496 e. The van der Waals surface area contributed by atoms with Crippen LogP contribution in [-0.4, -0.2) is 37.1 Å². The van der Waals surface area contributed by atoms with E-state index in [0.717, 1.165) is 11.5 Å². The van der Waals surface area contributed by atoms with Crippen molar-refractivity contribution in [2.24, 2.45) is 0 Å². The van der Waals surface area contributed by atoms with E-state index in [-0.39, 0.29) is 11.5 Å². The van der Waals surface area contributed by atoms with Gasteiger partial charge in [-0.25, -0.2) is 9.37 Å². The van der Waals surface area contributed by atoms with Gasteiger partial charge in [-0.3, -0.25) is 9.78 Å². The van der Waals surface area contributed by atoms with Crippen LogP contribution in [0.4, 0.5) is 21.6 Å². The molecule has 7 nitrogen and oxygen atoms in total. The first-order valence-corrected chi connectivity index (χ1v) is 9.65. The quantitative estimate of drug-likeness (QED) is 0.605.